The van der Waals surface area contributed by atoms with Crippen LogP contribution in [0.3, 0.4) is 0 Å². The molecule has 0 bridgehead atoms. The third-order valence-electron chi connectivity index (χ3n) is 5.83. The first-order valence-corrected chi connectivity index (χ1v) is 10.7. The van der Waals surface area contributed by atoms with Gasteiger partial charge in [0, 0.05) is 24.7 Å². The third-order valence-corrected chi connectivity index (χ3v) is 5.83. The molecular weight excluding hydrogens is 404 g/mol. The SMILES string of the molecule is C=CCc1cn(C2CCC(COc3ccc4ccc(NC)nc4c3)O2)c2ncnc(N)c12. The lowest BCUT2D eigenvalue weighted by Gasteiger charge is -2.16. The number of anilines is 2. The number of rotatable bonds is 7. The largest absolute Gasteiger partial charge is 0.491 e. The molecule has 4 aromatic rings. The van der Waals surface area contributed by atoms with Gasteiger partial charge >= 0.3 is 0 Å². The molecule has 1 saturated heterocycles. The summed E-state index contributed by atoms with van der Waals surface area (Å²) in [6.07, 6.45) is 7.76. The van der Waals surface area contributed by atoms with Crippen LogP contribution in [0.2, 0.25) is 0 Å². The highest BCUT2D eigenvalue weighted by Crippen LogP contribution is 2.34. The molecule has 3 aromatic heterocycles. The molecule has 1 fully saturated rings. The molecule has 8 nitrogen and oxygen atoms in total. The molecule has 2 unspecified atom stereocenters. The van der Waals surface area contributed by atoms with Crippen LogP contribution < -0.4 is 15.8 Å². The highest BCUT2D eigenvalue weighted by molar-refractivity contribution is 5.90. The Morgan fingerprint density at radius 2 is 2.16 bits per heavy atom. The van der Waals surface area contributed by atoms with Gasteiger partial charge in [0.2, 0.25) is 0 Å². The Kier molecular flexibility index (Phi) is 5.36. The molecule has 32 heavy (non-hydrogen) atoms. The molecule has 1 aliphatic rings. The molecule has 1 aliphatic heterocycles. The fourth-order valence-electron chi connectivity index (χ4n) is 4.25. The van der Waals surface area contributed by atoms with Crippen molar-refractivity contribution in [2.75, 3.05) is 24.7 Å². The zero-order chi connectivity index (χ0) is 22.1. The van der Waals surface area contributed by atoms with Crippen LogP contribution in [0.25, 0.3) is 21.9 Å². The minimum Gasteiger partial charge on any atom is -0.491 e. The Balaban J connectivity index is 1.30. The number of nitrogens with zero attached hydrogens (tertiary/aromatic N) is 4. The zero-order valence-corrected chi connectivity index (χ0v) is 18.0. The lowest BCUT2D eigenvalue weighted by molar-refractivity contribution is -0.0156. The normalized spacial score (nSPS) is 18.3. The average Bonchev–Trinajstić information content (AvgIpc) is 3.43. The van der Waals surface area contributed by atoms with E-state index in [4.69, 9.17) is 15.2 Å². The molecule has 0 radical (unpaired) electrons. The maximum Gasteiger partial charge on any atom is 0.147 e. The quantitative estimate of drug-likeness (QED) is 0.426. The van der Waals surface area contributed by atoms with E-state index in [-0.39, 0.29) is 12.3 Å². The fourth-order valence-corrected chi connectivity index (χ4v) is 4.25. The van der Waals surface area contributed by atoms with Crippen LogP contribution in [-0.4, -0.2) is 39.3 Å². The first kappa shape index (κ1) is 20.3. The van der Waals surface area contributed by atoms with Gasteiger partial charge in [0.1, 0.15) is 42.2 Å². The summed E-state index contributed by atoms with van der Waals surface area (Å²) in [5.41, 5.74) is 8.87. The molecule has 164 valence electrons. The molecule has 0 aliphatic carbocycles. The Labute approximate surface area is 186 Å². The van der Waals surface area contributed by atoms with Crippen molar-refractivity contribution in [3.05, 3.63) is 61.1 Å². The van der Waals surface area contributed by atoms with Crippen molar-refractivity contribution in [2.24, 2.45) is 0 Å². The maximum atomic E-state index is 6.32. The Morgan fingerprint density at radius 3 is 3.00 bits per heavy atom. The number of nitrogens with two attached hydrogens (primary N) is 1. The van der Waals surface area contributed by atoms with Gasteiger partial charge in [-0.15, -0.1) is 6.58 Å². The Morgan fingerprint density at radius 1 is 1.28 bits per heavy atom. The van der Waals surface area contributed by atoms with E-state index in [1.54, 1.807) is 0 Å². The van der Waals surface area contributed by atoms with Gasteiger partial charge in [0.15, 0.2) is 0 Å². The number of ether oxygens (including phenoxy) is 2. The number of pyridine rings is 1. The van der Waals surface area contributed by atoms with Gasteiger partial charge in [0.25, 0.3) is 0 Å². The van der Waals surface area contributed by atoms with Crippen LogP contribution in [-0.2, 0) is 11.2 Å². The third kappa shape index (κ3) is 3.73. The number of allylic oxidation sites excluding steroid dienone is 1. The monoisotopic (exact) mass is 430 g/mol. The van der Waals surface area contributed by atoms with Crippen molar-refractivity contribution >= 4 is 33.6 Å². The summed E-state index contributed by atoms with van der Waals surface area (Å²) in [7, 11) is 1.86. The molecule has 0 spiro atoms. The van der Waals surface area contributed by atoms with Gasteiger partial charge < -0.3 is 25.1 Å². The smallest absolute Gasteiger partial charge is 0.147 e. The van der Waals surface area contributed by atoms with E-state index in [1.165, 1.54) is 6.33 Å². The lowest BCUT2D eigenvalue weighted by atomic mass is 10.2. The van der Waals surface area contributed by atoms with E-state index < -0.39 is 0 Å². The average molecular weight is 431 g/mol. The first-order chi connectivity index (χ1) is 15.7. The van der Waals surface area contributed by atoms with Crippen LogP contribution in [0.1, 0.15) is 24.6 Å². The topological polar surface area (TPSA) is 100 Å². The summed E-state index contributed by atoms with van der Waals surface area (Å²) in [6.45, 7) is 4.32. The van der Waals surface area contributed by atoms with Gasteiger partial charge in [-0.25, -0.2) is 15.0 Å². The zero-order valence-electron chi connectivity index (χ0n) is 18.0. The highest BCUT2D eigenvalue weighted by atomic mass is 16.6. The standard InChI is InChI=1S/C24H26N6O2/c1-3-4-16-12-30(24-22(16)23(25)27-14-28-24)21-10-8-18(32-21)13-31-17-7-5-15-6-9-20(26-2)29-19(15)11-17/h3,5-7,9,11-12,14,18,21H,1,4,8,10,13H2,2H3,(H,26,29)(H2,25,27,28). The molecule has 8 heteroatoms. The Hall–Kier alpha value is -3.65. The maximum absolute atomic E-state index is 6.32. The van der Waals surface area contributed by atoms with Gasteiger partial charge in [-0.2, -0.15) is 0 Å². The van der Waals surface area contributed by atoms with Crippen LogP contribution in [0, 0.1) is 0 Å². The van der Waals surface area contributed by atoms with Crippen molar-refractivity contribution in [1.29, 1.82) is 0 Å². The van der Waals surface area contributed by atoms with Gasteiger partial charge in [-0.05, 0) is 49.1 Å². The highest BCUT2D eigenvalue weighted by Gasteiger charge is 2.29. The van der Waals surface area contributed by atoms with E-state index >= 15 is 0 Å². The summed E-state index contributed by atoms with van der Waals surface area (Å²) in [6, 6.07) is 9.95. The molecule has 2 atom stereocenters. The van der Waals surface area contributed by atoms with E-state index in [0.29, 0.717) is 18.8 Å². The molecule has 3 N–H and O–H groups in total. The van der Waals surface area contributed by atoms with Crippen molar-refractivity contribution in [1.82, 2.24) is 19.5 Å². The van der Waals surface area contributed by atoms with Crippen molar-refractivity contribution in [3.63, 3.8) is 0 Å². The van der Waals surface area contributed by atoms with Gasteiger partial charge in [-0.1, -0.05) is 6.08 Å². The number of fused-ring (bicyclic) bond motifs is 2. The van der Waals surface area contributed by atoms with E-state index in [2.05, 4.69) is 37.6 Å². The molecule has 4 heterocycles. The molecular formula is C24H26N6O2. The second-order valence-electron chi connectivity index (χ2n) is 7.91. The number of nitrogens with one attached hydrogen (secondary N) is 1. The minimum absolute atomic E-state index is 0.00760. The van der Waals surface area contributed by atoms with Crippen molar-refractivity contribution < 1.29 is 9.47 Å². The van der Waals surface area contributed by atoms with Crippen molar-refractivity contribution in [3.8, 4) is 5.75 Å². The van der Waals surface area contributed by atoms with Crippen LogP contribution in [0.5, 0.6) is 5.75 Å². The second kappa shape index (κ2) is 8.47. The number of hydrogen-bond donors (Lipinski definition) is 2. The number of aromatic nitrogens is 4. The van der Waals surface area contributed by atoms with Crippen molar-refractivity contribution in [2.45, 2.75) is 31.6 Å². The number of nitrogen functional groups attached to an aromatic ring is 1. The summed E-state index contributed by atoms with van der Waals surface area (Å²) in [5, 5.41) is 5.01. The summed E-state index contributed by atoms with van der Waals surface area (Å²) >= 11 is 0. The summed E-state index contributed by atoms with van der Waals surface area (Å²) in [4.78, 5) is 13.2. The lowest BCUT2D eigenvalue weighted by Crippen LogP contribution is -2.18. The number of hydrogen-bond acceptors (Lipinski definition) is 7. The first-order valence-electron chi connectivity index (χ1n) is 10.7. The fraction of sp³-hybridized carbons (Fsp3) is 0.292. The van der Waals surface area contributed by atoms with Crippen LogP contribution in [0.4, 0.5) is 11.6 Å². The number of benzene rings is 1. The molecule has 0 saturated carbocycles. The van der Waals surface area contributed by atoms with Gasteiger partial charge in [-0.3, -0.25) is 0 Å². The second-order valence-corrected chi connectivity index (χ2v) is 7.91. The van der Waals surface area contributed by atoms with Crippen LogP contribution >= 0.6 is 0 Å². The molecule has 5 rings (SSSR count). The summed E-state index contributed by atoms with van der Waals surface area (Å²) in [5.74, 6) is 2.09. The van der Waals surface area contributed by atoms with E-state index in [9.17, 15) is 0 Å². The predicted molar refractivity (Wildman–Crippen MR) is 126 cm³/mol. The van der Waals surface area contributed by atoms with Gasteiger partial charge in [0.05, 0.1) is 17.0 Å². The Bertz CT molecular complexity index is 1280. The van der Waals surface area contributed by atoms with Crippen LogP contribution in [0.15, 0.2) is 55.5 Å². The molecule has 0 amide bonds. The van der Waals surface area contributed by atoms with E-state index in [0.717, 1.165) is 51.9 Å². The predicted octanol–water partition coefficient (Wildman–Crippen LogP) is 4.09. The molecule has 1 aromatic carbocycles. The summed E-state index contributed by atoms with van der Waals surface area (Å²) < 4.78 is 14.4. The minimum atomic E-state index is -0.115. The van der Waals surface area contributed by atoms with E-state index in [1.807, 2.05) is 43.5 Å².